The molecule has 2 heterocycles. The number of rotatable bonds is 4. The summed E-state index contributed by atoms with van der Waals surface area (Å²) in [4.78, 5) is 19.8. The Bertz CT molecular complexity index is 577. The largest absolute Gasteiger partial charge is 0.481 e. The van der Waals surface area contributed by atoms with E-state index in [1.165, 1.54) is 32.6 Å². The Morgan fingerprint density at radius 1 is 1.32 bits per heavy atom. The first-order valence-corrected chi connectivity index (χ1v) is 5.53. The van der Waals surface area contributed by atoms with Gasteiger partial charge in [0.2, 0.25) is 22.9 Å². The molecule has 0 aliphatic carbocycles. The quantitative estimate of drug-likeness (QED) is 0.923. The van der Waals surface area contributed by atoms with Crippen LogP contribution in [0.25, 0.3) is 0 Å². The van der Waals surface area contributed by atoms with Crippen LogP contribution in [0.5, 0.6) is 11.8 Å². The average Bonchev–Trinajstić information content (AvgIpc) is 2.84. The highest BCUT2D eigenvalue weighted by Crippen LogP contribution is 2.20. The molecule has 2 aromatic heterocycles. The summed E-state index contributed by atoms with van der Waals surface area (Å²) in [6.45, 7) is 0. The molecule has 0 aromatic carbocycles. The number of halogens is 1. The van der Waals surface area contributed by atoms with Gasteiger partial charge >= 0.3 is 0 Å². The zero-order chi connectivity index (χ0) is 13.8. The van der Waals surface area contributed by atoms with Gasteiger partial charge in [0.25, 0.3) is 5.91 Å². The zero-order valence-corrected chi connectivity index (χ0v) is 10.9. The van der Waals surface area contributed by atoms with Crippen LogP contribution in [0.4, 0.5) is 5.95 Å². The van der Waals surface area contributed by atoms with Crippen LogP contribution in [-0.2, 0) is 0 Å². The highest BCUT2D eigenvalue weighted by atomic mass is 35.5. The number of methoxy groups -OCH3 is 2. The van der Waals surface area contributed by atoms with Crippen molar-refractivity contribution in [1.82, 2.24) is 9.97 Å². The van der Waals surface area contributed by atoms with Gasteiger partial charge in [-0.15, -0.1) is 0 Å². The summed E-state index contributed by atoms with van der Waals surface area (Å²) in [6.07, 6.45) is 1.31. The Hall–Kier alpha value is -2.28. The van der Waals surface area contributed by atoms with Gasteiger partial charge < -0.3 is 13.9 Å². The molecule has 0 unspecified atom stereocenters. The number of hydrogen-bond donors (Lipinski definition) is 1. The molecule has 19 heavy (non-hydrogen) atoms. The first kappa shape index (κ1) is 13.2. The lowest BCUT2D eigenvalue weighted by Gasteiger charge is -2.06. The summed E-state index contributed by atoms with van der Waals surface area (Å²) in [6, 6.07) is 2.93. The molecule has 8 heteroatoms. The van der Waals surface area contributed by atoms with Gasteiger partial charge in [-0.25, -0.2) is 0 Å². The minimum absolute atomic E-state index is 0.00707. The summed E-state index contributed by atoms with van der Waals surface area (Å²) in [5.41, 5.74) is 0.187. The molecule has 1 N–H and O–H groups in total. The number of carbonyl (C=O) groups is 1. The monoisotopic (exact) mass is 283 g/mol. The van der Waals surface area contributed by atoms with E-state index >= 15 is 0 Å². The average molecular weight is 284 g/mol. The van der Waals surface area contributed by atoms with Crippen molar-refractivity contribution in [1.29, 1.82) is 0 Å². The van der Waals surface area contributed by atoms with Crippen LogP contribution in [0.3, 0.4) is 0 Å². The molecule has 0 atom stereocenters. The van der Waals surface area contributed by atoms with E-state index in [1.54, 1.807) is 0 Å². The van der Waals surface area contributed by atoms with E-state index in [2.05, 4.69) is 15.3 Å². The fourth-order valence-corrected chi connectivity index (χ4v) is 1.49. The highest BCUT2D eigenvalue weighted by Gasteiger charge is 2.15. The van der Waals surface area contributed by atoms with Crippen LogP contribution in [0.2, 0.25) is 5.22 Å². The predicted molar refractivity (Wildman–Crippen MR) is 66.8 cm³/mol. The van der Waals surface area contributed by atoms with Crippen LogP contribution < -0.4 is 14.8 Å². The van der Waals surface area contributed by atoms with Gasteiger partial charge in [-0.2, -0.15) is 9.97 Å². The maximum Gasteiger partial charge on any atom is 0.262 e. The van der Waals surface area contributed by atoms with Crippen molar-refractivity contribution in [3.63, 3.8) is 0 Å². The van der Waals surface area contributed by atoms with E-state index < -0.39 is 5.91 Å². The highest BCUT2D eigenvalue weighted by molar-refractivity contribution is 6.32. The van der Waals surface area contributed by atoms with E-state index in [0.717, 1.165) is 0 Å². The van der Waals surface area contributed by atoms with Crippen molar-refractivity contribution in [2.75, 3.05) is 19.5 Å². The summed E-state index contributed by atoms with van der Waals surface area (Å²) in [5.74, 6) is 0.0772. The summed E-state index contributed by atoms with van der Waals surface area (Å²) >= 11 is 5.70. The molecule has 2 rings (SSSR count). The van der Waals surface area contributed by atoms with Gasteiger partial charge in [0.1, 0.15) is 0 Å². The number of carbonyl (C=O) groups excluding carboxylic acids is 1. The first-order valence-electron chi connectivity index (χ1n) is 5.15. The van der Waals surface area contributed by atoms with Crippen LogP contribution in [-0.4, -0.2) is 30.1 Å². The first-order chi connectivity index (χ1) is 9.13. The van der Waals surface area contributed by atoms with Gasteiger partial charge in [-0.05, 0) is 17.7 Å². The van der Waals surface area contributed by atoms with Crippen molar-refractivity contribution in [3.05, 3.63) is 29.2 Å². The fraction of sp³-hybridized carbons (Fsp3) is 0.182. The van der Waals surface area contributed by atoms with Crippen molar-refractivity contribution in [2.45, 2.75) is 0 Å². The SMILES string of the molecule is COc1cc(OC)nc(NC(=O)c2ccoc2Cl)n1. The Morgan fingerprint density at radius 3 is 2.42 bits per heavy atom. The Labute approximate surface area is 113 Å². The zero-order valence-electron chi connectivity index (χ0n) is 10.1. The van der Waals surface area contributed by atoms with Gasteiger partial charge in [0, 0.05) is 0 Å². The smallest absolute Gasteiger partial charge is 0.262 e. The Kier molecular flexibility index (Phi) is 3.86. The second kappa shape index (κ2) is 5.57. The minimum Gasteiger partial charge on any atom is -0.481 e. The summed E-state index contributed by atoms with van der Waals surface area (Å²) in [5, 5.41) is 2.46. The van der Waals surface area contributed by atoms with Gasteiger partial charge in [0.15, 0.2) is 0 Å². The number of anilines is 1. The molecule has 0 fully saturated rings. The lowest BCUT2D eigenvalue weighted by atomic mass is 10.3. The molecular formula is C11H10ClN3O4. The lowest BCUT2D eigenvalue weighted by molar-refractivity contribution is 0.102. The van der Waals surface area contributed by atoms with Crippen molar-refractivity contribution < 1.29 is 18.7 Å². The number of ether oxygens (including phenoxy) is 2. The van der Waals surface area contributed by atoms with E-state index in [4.69, 9.17) is 25.5 Å². The number of aromatic nitrogens is 2. The topological polar surface area (TPSA) is 86.5 Å². The molecule has 1 amide bonds. The number of hydrogen-bond acceptors (Lipinski definition) is 6. The predicted octanol–water partition coefficient (Wildman–Crippen LogP) is 1.99. The number of furan rings is 1. The second-order valence-corrected chi connectivity index (χ2v) is 3.68. The van der Waals surface area contributed by atoms with Gasteiger partial charge in [-0.1, -0.05) is 0 Å². The molecule has 0 saturated heterocycles. The molecule has 0 spiro atoms. The minimum atomic E-state index is -0.492. The van der Waals surface area contributed by atoms with Gasteiger partial charge in [0.05, 0.1) is 32.1 Å². The third-order valence-corrected chi connectivity index (χ3v) is 2.48. The third kappa shape index (κ3) is 2.94. The number of nitrogens with one attached hydrogen (secondary N) is 1. The Balaban J connectivity index is 2.23. The fourth-order valence-electron chi connectivity index (χ4n) is 1.29. The summed E-state index contributed by atoms with van der Waals surface area (Å²) in [7, 11) is 2.89. The Morgan fingerprint density at radius 2 is 1.95 bits per heavy atom. The van der Waals surface area contributed by atoms with Crippen LogP contribution in [0.1, 0.15) is 10.4 Å². The van der Waals surface area contributed by atoms with Crippen molar-refractivity contribution in [2.24, 2.45) is 0 Å². The van der Waals surface area contributed by atoms with Crippen LogP contribution in [0.15, 0.2) is 22.8 Å². The van der Waals surface area contributed by atoms with Crippen LogP contribution >= 0.6 is 11.6 Å². The molecule has 0 bridgehead atoms. The molecule has 100 valence electrons. The molecule has 2 aromatic rings. The van der Waals surface area contributed by atoms with Crippen molar-refractivity contribution >= 4 is 23.5 Å². The number of nitrogens with zero attached hydrogens (tertiary/aromatic N) is 2. The molecule has 0 saturated carbocycles. The molecule has 7 nitrogen and oxygen atoms in total. The molecule has 0 radical (unpaired) electrons. The van der Waals surface area contributed by atoms with Crippen molar-refractivity contribution in [3.8, 4) is 11.8 Å². The van der Waals surface area contributed by atoms with Gasteiger partial charge in [-0.3, -0.25) is 10.1 Å². The normalized spacial score (nSPS) is 10.1. The summed E-state index contributed by atoms with van der Waals surface area (Å²) < 4.78 is 14.8. The molecular weight excluding hydrogens is 274 g/mol. The lowest BCUT2D eigenvalue weighted by Crippen LogP contribution is -2.14. The third-order valence-electron chi connectivity index (χ3n) is 2.19. The maximum atomic E-state index is 11.9. The maximum absolute atomic E-state index is 11.9. The second-order valence-electron chi connectivity index (χ2n) is 3.34. The molecule has 0 aliphatic heterocycles. The van der Waals surface area contributed by atoms with E-state index in [0.29, 0.717) is 0 Å². The van der Waals surface area contributed by atoms with E-state index in [9.17, 15) is 4.79 Å². The van der Waals surface area contributed by atoms with E-state index in [1.807, 2.05) is 0 Å². The number of amides is 1. The standard InChI is InChI=1S/C11H10ClN3O4/c1-17-7-5-8(18-2)14-11(13-7)15-10(16)6-3-4-19-9(6)12/h3-5H,1-2H3,(H,13,14,15,16). The molecule has 0 aliphatic rings. The van der Waals surface area contributed by atoms with E-state index in [-0.39, 0.29) is 28.5 Å². The van der Waals surface area contributed by atoms with Crippen LogP contribution in [0, 0.1) is 0 Å².